The molecule has 0 unspecified atom stereocenters. The van der Waals surface area contributed by atoms with Crippen molar-refractivity contribution in [2.45, 2.75) is 8.68 Å². The van der Waals surface area contributed by atoms with Crippen LogP contribution in [0, 0.1) is 3.57 Å². The molecule has 0 bridgehead atoms. The highest BCUT2D eigenvalue weighted by Gasteiger charge is 2.10. The highest BCUT2D eigenvalue weighted by Crippen LogP contribution is 2.33. The molecule has 0 saturated carbocycles. The van der Waals surface area contributed by atoms with Crippen molar-refractivity contribution in [2.24, 2.45) is 4.99 Å². The Bertz CT molecular complexity index is 1510. The van der Waals surface area contributed by atoms with Gasteiger partial charge in [0, 0.05) is 15.5 Å². The Hall–Kier alpha value is -1.99. The zero-order chi connectivity index (χ0) is 23.5. The first-order valence-corrected chi connectivity index (χ1v) is 15.1. The van der Waals surface area contributed by atoms with Gasteiger partial charge in [-0.1, -0.05) is 35.7 Å². The second-order valence-electron chi connectivity index (χ2n) is 7.14. The van der Waals surface area contributed by atoms with Crippen LogP contribution in [0.3, 0.4) is 0 Å². The molecule has 0 aliphatic heterocycles. The lowest BCUT2D eigenvalue weighted by molar-refractivity contribution is -0.113. The number of anilines is 1. The fourth-order valence-corrected chi connectivity index (χ4v) is 6.91. The number of aliphatic imine (C=N–C) groups is 1. The Labute approximate surface area is 226 Å². The monoisotopic (exact) mass is 632 g/mol. The van der Waals surface area contributed by atoms with E-state index in [4.69, 9.17) is 0 Å². The molecule has 1 amide bonds. The summed E-state index contributed by atoms with van der Waals surface area (Å²) in [6.07, 6.45) is 3.88. The van der Waals surface area contributed by atoms with E-state index in [1.54, 1.807) is 34.4 Å². The van der Waals surface area contributed by atoms with Gasteiger partial charge in [-0.15, -0.1) is 22.7 Å². The predicted octanol–water partition coefficient (Wildman–Crippen LogP) is 7.71. The minimum absolute atomic E-state index is 0.0546. The lowest BCUT2D eigenvalue weighted by Crippen LogP contribution is -2.13. The molecule has 3 aromatic carbocycles. The van der Waals surface area contributed by atoms with Crippen LogP contribution in [0.15, 0.2) is 74.3 Å². The van der Waals surface area contributed by atoms with E-state index in [2.05, 4.69) is 55.0 Å². The first-order valence-electron chi connectivity index (χ1n) is 10.1. The standard InChI is InChI=1S/C24H17IN4OS4/c1-31-23-28-18-9-7-17(11-21(18)33-23)27-22(30)13-32-24-29-19-8-6-16(10-20(19)34-24)26-12-14-2-4-15(25)5-3-14/h2-12H,13H2,1H3,(H,27,30). The maximum atomic E-state index is 12.5. The first kappa shape index (κ1) is 23.7. The SMILES string of the molecule is CSc1nc2ccc(NC(=O)CSc3nc4ccc(N=Cc5ccc(I)cc5)cc4s3)cc2s1. The van der Waals surface area contributed by atoms with E-state index in [0.717, 1.165) is 46.1 Å². The Kier molecular flexibility index (Phi) is 7.49. The van der Waals surface area contributed by atoms with Crippen LogP contribution in [0.5, 0.6) is 0 Å². The van der Waals surface area contributed by atoms with Gasteiger partial charge in [0.15, 0.2) is 8.68 Å². The number of nitrogens with one attached hydrogen (secondary N) is 1. The number of thiazole rings is 2. The van der Waals surface area contributed by atoms with Gasteiger partial charge in [-0.3, -0.25) is 9.79 Å². The van der Waals surface area contributed by atoms with Crippen LogP contribution >= 0.6 is 68.8 Å². The number of carbonyl (C=O) groups is 1. The average Bonchev–Trinajstić information content (AvgIpc) is 3.45. The number of nitrogens with zero attached hydrogens (tertiary/aromatic N) is 3. The second-order valence-corrected chi connectivity index (χ2v) is 12.7. The summed E-state index contributed by atoms with van der Waals surface area (Å²) in [4.78, 5) is 26.3. The topological polar surface area (TPSA) is 67.2 Å². The molecule has 10 heteroatoms. The fraction of sp³-hybridized carbons (Fsp3) is 0.0833. The highest BCUT2D eigenvalue weighted by atomic mass is 127. The molecule has 0 atom stereocenters. The van der Waals surface area contributed by atoms with E-state index in [-0.39, 0.29) is 5.91 Å². The lowest BCUT2D eigenvalue weighted by atomic mass is 10.2. The van der Waals surface area contributed by atoms with Gasteiger partial charge >= 0.3 is 0 Å². The van der Waals surface area contributed by atoms with Crippen LogP contribution in [0.1, 0.15) is 5.56 Å². The van der Waals surface area contributed by atoms with Crippen LogP contribution in [0.4, 0.5) is 11.4 Å². The van der Waals surface area contributed by atoms with Crippen molar-refractivity contribution in [3.8, 4) is 0 Å². The molecular weight excluding hydrogens is 615 g/mol. The molecule has 0 radical (unpaired) electrons. The minimum atomic E-state index is -0.0546. The van der Waals surface area contributed by atoms with E-state index >= 15 is 0 Å². The maximum absolute atomic E-state index is 12.5. The summed E-state index contributed by atoms with van der Waals surface area (Å²) in [5.41, 5.74) is 4.60. The van der Waals surface area contributed by atoms with Crippen LogP contribution in [-0.2, 0) is 4.79 Å². The molecule has 170 valence electrons. The molecule has 2 aromatic heterocycles. The van der Waals surface area contributed by atoms with E-state index in [1.165, 1.54) is 15.3 Å². The molecular formula is C24H17IN4OS4. The number of fused-ring (bicyclic) bond motifs is 2. The number of thioether (sulfide) groups is 2. The van der Waals surface area contributed by atoms with Gasteiger partial charge in [-0.25, -0.2) is 9.97 Å². The van der Waals surface area contributed by atoms with Crippen LogP contribution in [0.25, 0.3) is 20.4 Å². The van der Waals surface area contributed by atoms with Crippen LogP contribution in [-0.4, -0.2) is 34.1 Å². The van der Waals surface area contributed by atoms with Gasteiger partial charge in [-0.2, -0.15) is 0 Å². The minimum Gasteiger partial charge on any atom is -0.325 e. The molecule has 0 aliphatic carbocycles. The third-order valence-corrected chi connectivity index (χ3v) is 9.62. The summed E-state index contributed by atoms with van der Waals surface area (Å²) in [6, 6.07) is 20.0. The largest absolute Gasteiger partial charge is 0.325 e. The molecule has 0 spiro atoms. The third-order valence-electron chi connectivity index (χ3n) is 4.74. The van der Waals surface area contributed by atoms with Crippen molar-refractivity contribution in [2.75, 3.05) is 17.3 Å². The van der Waals surface area contributed by atoms with Crippen molar-refractivity contribution < 1.29 is 4.79 Å². The van der Waals surface area contributed by atoms with Crippen molar-refractivity contribution in [3.63, 3.8) is 0 Å². The summed E-state index contributed by atoms with van der Waals surface area (Å²) < 4.78 is 5.21. The molecule has 5 nitrogen and oxygen atoms in total. The second kappa shape index (κ2) is 10.7. The van der Waals surface area contributed by atoms with Crippen LogP contribution in [0.2, 0.25) is 0 Å². The molecule has 0 fully saturated rings. The van der Waals surface area contributed by atoms with Crippen molar-refractivity contribution >= 4 is 113 Å². The smallest absolute Gasteiger partial charge is 0.234 e. The maximum Gasteiger partial charge on any atom is 0.234 e. The lowest BCUT2D eigenvalue weighted by Gasteiger charge is -2.03. The van der Waals surface area contributed by atoms with E-state index in [0.29, 0.717) is 5.75 Å². The van der Waals surface area contributed by atoms with Gasteiger partial charge in [-0.05, 0) is 82.9 Å². The molecule has 34 heavy (non-hydrogen) atoms. The number of benzene rings is 3. The molecule has 0 saturated heterocycles. The zero-order valence-electron chi connectivity index (χ0n) is 17.8. The summed E-state index contributed by atoms with van der Waals surface area (Å²) in [6.45, 7) is 0. The summed E-state index contributed by atoms with van der Waals surface area (Å²) >= 11 is 8.57. The van der Waals surface area contributed by atoms with Crippen molar-refractivity contribution in [3.05, 3.63) is 69.8 Å². The van der Waals surface area contributed by atoms with Gasteiger partial charge < -0.3 is 5.32 Å². The normalized spacial score (nSPS) is 11.6. The summed E-state index contributed by atoms with van der Waals surface area (Å²) in [7, 11) is 0. The summed E-state index contributed by atoms with van der Waals surface area (Å²) in [5, 5.41) is 2.98. The number of amides is 1. The van der Waals surface area contributed by atoms with Gasteiger partial charge in [0.1, 0.15) is 0 Å². The number of rotatable bonds is 7. The fourth-order valence-electron chi connectivity index (χ4n) is 3.13. The predicted molar refractivity (Wildman–Crippen MR) is 157 cm³/mol. The Balaban J connectivity index is 1.21. The van der Waals surface area contributed by atoms with E-state index in [9.17, 15) is 4.79 Å². The van der Waals surface area contributed by atoms with Gasteiger partial charge in [0.05, 0.1) is 31.9 Å². The number of hydrogen-bond donors (Lipinski definition) is 1. The van der Waals surface area contributed by atoms with Gasteiger partial charge in [0.25, 0.3) is 0 Å². The quantitative estimate of drug-likeness (QED) is 0.113. The molecule has 5 aromatic rings. The van der Waals surface area contributed by atoms with Crippen molar-refractivity contribution in [1.82, 2.24) is 9.97 Å². The number of aromatic nitrogens is 2. The Morgan fingerprint density at radius 3 is 2.50 bits per heavy atom. The Morgan fingerprint density at radius 2 is 1.71 bits per heavy atom. The summed E-state index contributed by atoms with van der Waals surface area (Å²) in [5.74, 6) is 0.245. The number of carbonyl (C=O) groups excluding carboxylic acids is 1. The molecule has 5 rings (SSSR count). The Morgan fingerprint density at radius 1 is 1.00 bits per heavy atom. The molecule has 1 N–H and O–H groups in total. The molecule has 2 heterocycles. The molecule has 0 aliphatic rings. The number of hydrogen-bond acceptors (Lipinski definition) is 8. The zero-order valence-corrected chi connectivity index (χ0v) is 23.2. The number of halogens is 1. The first-order chi connectivity index (χ1) is 16.6. The third kappa shape index (κ3) is 5.80. The van der Waals surface area contributed by atoms with Crippen LogP contribution < -0.4 is 5.32 Å². The highest BCUT2D eigenvalue weighted by molar-refractivity contribution is 14.1. The van der Waals surface area contributed by atoms with Crippen molar-refractivity contribution in [1.29, 1.82) is 0 Å². The average molecular weight is 633 g/mol. The van der Waals surface area contributed by atoms with E-state index in [1.807, 2.05) is 61.0 Å². The van der Waals surface area contributed by atoms with E-state index < -0.39 is 0 Å². The van der Waals surface area contributed by atoms with Gasteiger partial charge in [0.2, 0.25) is 5.91 Å².